The lowest BCUT2D eigenvalue weighted by atomic mass is 10.1. The van der Waals surface area contributed by atoms with Gasteiger partial charge in [0, 0.05) is 24.7 Å². The van der Waals surface area contributed by atoms with Gasteiger partial charge in [-0.25, -0.2) is 4.39 Å². The van der Waals surface area contributed by atoms with Crippen molar-refractivity contribution in [3.8, 4) is 5.75 Å². The second-order valence-electron chi connectivity index (χ2n) is 5.12. The Bertz CT molecular complexity index is 475. The van der Waals surface area contributed by atoms with Crippen LogP contribution in [0, 0.1) is 5.82 Å². The summed E-state index contributed by atoms with van der Waals surface area (Å²) >= 11 is 0. The summed E-state index contributed by atoms with van der Waals surface area (Å²) in [7, 11) is 2.05. The molecule has 1 aromatic carbocycles. The molecule has 0 heterocycles. The first kappa shape index (κ1) is 13.8. The monoisotopic (exact) mass is 266 g/mol. The van der Waals surface area contributed by atoms with E-state index in [1.54, 1.807) is 0 Å². The van der Waals surface area contributed by atoms with Crippen LogP contribution >= 0.6 is 0 Å². The number of amides is 1. The predicted octanol–water partition coefficient (Wildman–Crippen LogP) is 1.74. The van der Waals surface area contributed by atoms with Gasteiger partial charge in [0.15, 0.2) is 0 Å². The van der Waals surface area contributed by atoms with Gasteiger partial charge in [-0.15, -0.1) is 0 Å². The molecule has 1 atom stereocenters. The molecule has 0 aliphatic heterocycles. The molecule has 0 aromatic heterocycles. The number of phenolic OH excluding ortho intramolecular Hbond substituents is 1. The lowest BCUT2D eigenvalue weighted by Crippen LogP contribution is -2.41. The number of carbonyl (C=O) groups is 1. The number of halogens is 1. The highest BCUT2D eigenvalue weighted by Crippen LogP contribution is 2.26. The van der Waals surface area contributed by atoms with Crippen molar-refractivity contribution in [3.63, 3.8) is 0 Å². The number of aromatic hydroxyl groups is 1. The maximum Gasteiger partial charge on any atom is 0.255 e. The van der Waals surface area contributed by atoms with E-state index >= 15 is 0 Å². The highest BCUT2D eigenvalue weighted by Gasteiger charge is 2.29. The van der Waals surface area contributed by atoms with Gasteiger partial charge in [-0.2, -0.15) is 0 Å². The molecule has 0 bridgehead atoms. The lowest BCUT2D eigenvalue weighted by molar-refractivity contribution is 0.0937. The largest absolute Gasteiger partial charge is 0.507 e. The van der Waals surface area contributed by atoms with Crippen molar-refractivity contribution in [1.82, 2.24) is 10.2 Å². The minimum atomic E-state index is -0.559. The third-order valence-electron chi connectivity index (χ3n) is 3.58. The zero-order chi connectivity index (χ0) is 14.0. The third-order valence-corrected chi connectivity index (χ3v) is 3.58. The van der Waals surface area contributed by atoms with Gasteiger partial charge in [0.2, 0.25) is 0 Å². The Morgan fingerprint density at radius 1 is 1.58 bits per heavy atom. The minimum absolute atomic E-state index is 0.0997. The summed E-state index contributed by atoms with van der Waals surface area (Å²) in [5.74, 6) is -1.27. The molecule has 0 saturated heterocycles. The van der Waals surface area contributed by atoms with Crippen molar-refractivity contribution in [2.24, 2.45) is 0 Å². The topological polar surface area (TPSA) is 52.6 Å². The van der Waals surface area contributed by atoms with Crippen LogP contribution in [0.3, 0.4) is 0 Å². The van der Waals surface area contributed by atoms with E-state index in [0.717, 1.165) is 12.1 Å². The zero-order valence-electron chi connectivity index (χ0n) is 11.2. The SMILES string of the molecule is CC(CNC(=O)c1ccc(F)cc1O)N(C)C1CC1. The van der Waals surface area contributed by atoms with Crippen LogP contribution in [-0.2, 0) is 0 Å². The van der Waals surface area contributed by atoms with E-state index in [0.29, 0.717) is 12.6 Å². The average molecular weight is 266 g/mol. The quantitative estimate of drug-likeness (QED) is 0.853. The molecule has 1 amide bonds. The summed E-state index contributed by atoms with van der Waals surface area (Å²) in [5, 5.41) is 12.3. The van der Waals surface area contributed by atoms with Gasteiger partial charge in [0.05, 0.1) is 5.56 Å². The molecule has 2 N–H and O–H groups in total. The summed E-state index contributed by atoms with van der Waals surface area (Å²) in [6.45, 7) is 2.55. The first-order valence-corrected chi connectivity index (χ1v) is 6.47. The van der Waals surface area contributed by atoms with E-state index in [1.807, 2.05) is 14.0 Å². The van der Waals surface area contributed by atoms with Gasteiger partial charge >= 0.3 is 0 Å². The van der Waals surface area contributed by atoms with Crippen molar-refractivity contribution in [2.75, 3.05) is 13.6 Å². The van der Waals surface area contributed by atoms with Crippen LogP contribution in [-0.4, -0.2) is 41.6 Å². The first-order chi connectivity index (χ1) is 8.99. The second kappa shape index (κ2) is 5.57. The van der Waals surface area contributed by atoms with Crippen molar-refractivity contribution >= 4 is 5.91 Å². The Morgan fingerprint density at radius 3 is 2.84 bits per heavy atom. The van der Waals surface area contributed by atoms with Crippen LogP contribution in [0.15, 0.2) is 18.2 Å². The molecular formula is C14H19FN2O2. The van der Waals surface area contributed by atoms with Gasteiger partial charge in [-0.3, -0.25) is 9.69 Å². The normalized spacial score (nSPS) is 16.4. The highest BCUT2D eigenvalue weighted by molar-refractivity contribution is 5.96. The molecule has 1 fully saturated rings. The van der Waals surface area contributed by atoms with Gasteiger partial charge < -0.3 is 10.4 Å². The Labute approximate surface area is 112 Å². The van der Waals surface area contributed by atoms with Gasteiger partial charge in [-0.1, -0.05) is 0 Å². The second-order valence-corrected chi connectivity index (χ2v) is 5.12. The van der Waals surface area contributed by atoms with E-state index in [4.69, 9.17) is 0 Å². The molecule has 5 heteroatoms. The third kappa shape index (κ3) is 3.44. The summed E-state index contributed by atoms with van der Waals surface area (Å²) in [4.78, 5) is 14.1. The summed E-state index contributed by atoms with van der Waals surface area (Å²) in [6, 6.07) is 4.25. The smallest absolute Gasteiger partial charge is 0.255 e. The molecular weight excluding hydrogens is 247 g/mol. The predicted molar refractivity (Wildman–Crippen MR) is 70.6 cm³/mol. The number of hydrogen-bond acceptors (Lipinski definition) is 3. The van der Waals surface area contributed by atoms with Gasteiger partial charge in [-0.05, 0) is 38.9 Å². The van der Waals surface area contributed by atoms with E-state index < -0.39 is 5.82 Å². The summed E-state index contributed by atoms with van der Waals surface area (Å²) in [6.07, 6.45) is 2.43. The zero-order valence-corrected chi connectivity index (χ0v) is 11.2. The fourth-order valence-corrected chi connectivity index (χ4v) is 2.02. The Balaban J connectivity index is 1.89. The van der Waals surface area contributed by atoms with Crippen LogP contribution in [0.25, 0.3) is 0 Å². The van der Waals surface area contributed by atoms with Crippen LogP contribution < -0.4 is 5.32 Å². The maximum atomic E-state index is 12.8. The van der Waals surface area contributed by atoms with E-state index in [9.17, 15) is 14.3 Å². The highest BCUT2D eigenvalue weighted by atomic mass is 19.1. The molecule has 0 spiro atoms. The fraction of sp³-hybridized carbons (Fsp3) is 0.500. The van der Waals surface area contributed by atoms with Gasteiger partial charge in [0.1, 0.15) is 11.6 Å². The number of likely N-dealkylation sites (N-methyl/N-ethyl adjacent to an activating group) is 1. The molecule has 1 aromatic rings. The Kier molecular flexibility index (Phi) is 4.04. The molecule has 4 nitrogen and oxygen atoms in total. The number of hydrogen-bond donors (Lipinski definition) is 2. The molecule has 2 rings (SSSR count). The van der Waals surface area contributed by atoms with Crippen LogP contribution in [0.5, 0.6) is 5.75 Å². The molecule has 0 radical (unpaired) electrons. The molecule has 1 unspecified atom stereocenters. The summed E-state index contributed by atoms with van der Waals surface area (Å²) in [5.41, 5.74) is 0.0997. The molecule has 1 saturated carbocycles. The van der Waals surface area contributed by atoms with Crippen LogP contribution in [0.1, 0.15) is 30.1 Å². The van der Waals surface area contributed by atoms with E-state index in [-0.39, 0.29) is 23.3 Å². The first-order valence-electron chi connectivity index (χ1n) is 6.47. The van der Waals surface area contributed by atoms with Crippen molar-refractivity contribution in [2.45, 2.75) is 31.8 Å². The molecule has 1 aliphatic rings. The number of rotatable bonds is 5. The van der Waals surface area contributed by atoms with Crippen LogP contribution in [0.4, 0.5) is 4.39 Å². The standard InChI is InChI=1S/C14H19FN2O2/c1-9(17(2)11-4-5-11)8-16-14(19)12-6-3-10(15)7-13(12)18/h3,6-7,9,11,18H,4-5,8H2,1-2H3,(H,16,19). The minimum Gasteiger partial charge on any atom is -0.507 e. The number of phenols is 1. The van der Waals surface area contributed by atoms with Gasteiger partial charge in [0.25, 0.3) is 5.91 Å². The van der Waals surface area contributed by atoms with E-state index in [2.05, 4.69) is 10.2 Å². The van der Waals surface area contributed by atoms with Crippen molar-refractivity contribution in [3.05, 3.63) is 29.6 Å². The number of nitrogens with one attached hydrogen (secondary N) is 1. The number of carbonyl (C=O) groups excluding carboxylic acids is 1. The van der Waals surface area contributed by atoms with Crippen molar-refractivity contribution < 1.29 is 14.3 Å². The lowest BCUT2D eigenvalue weighted by Gasteiger charge is -2.24. The molecule has 19 heavy (non-hydrogen) atoms. The molecule has 104 valence electrons. The fourth-order valence-electron chi connectivity index (χ4n) is 2.02. The van der Waals surface area contributed by atoms with Crippen LogP contribution in [0.2, 0.25) is 0 Å². The van der Waals surface area contributed by atoms with E-state index in [1.165, 1.54) is 18.9 Å². The maximum absolute atomic E-state index is 12.8. The Hall–Kier alpha value is -1.62. The summed E-state index contributed by atoms with van der Waals surface area (Å²) < 4.78 is 12.8. The Morgan fingerprint density at radius 2 is 2.26 bits per heavy atom. The number of nitrogens with zero attached hydrogens (tertiary/aromatic N) is 1. The average Bonchev–Trinajstić information content (AvgIpc) is 3.18. The molecule has 1 aliphatic carbocycles. The number of benzene rings is 1. The van der Waals surface area contributed by atoms with Crippen molar-refractivity contribution in [1.29, 1.82) is 0 Å².